The van der Waals surface area contributed by atoms with Gasteiger partial charge in [-0.15, -0.1) is 0 Å². The van der Waals surface area contributed by atoms with Crippen LogP contribution < -0.4 is 0 Å². The van der Waals surface area contributed by atoms with Gasteiger partial charge in [-0.3, -0.25) is 0 Å². The number of aliphatic hydroxyl groups is 1. The summed E-state index contributed by atoms with van der Waals surface area (Å²) in [6.07, 6.45) is 4.98. The van der Waals surface area contributed by atoms with Crippen molar-refractivity contribution in [1.82, 2.24) is 0 Å². The van der Waals surface area contributed by atoms with Gasteiger partial charge in [0.2, 0.25) is 5.79 Å². The molecule has 2 nitrogen and oxygen atoms in total. The molecule has 0 fully saturated rings. The molecule has 0 aromatic carbocycles. The average Bonchev–Trinajstić information content (AvgIpc) is 1.78. The second-order valence-corrected chi connectivity index (χ2v) is 2.37. The fraction of sp³-hybridized carbons (Fsp3) is 0.429. The van der Waals surface area contributed by atoms with Crippen molar-refractivity contribution in [3.05, 3.63) is 24.0 Å². The third-order valence-corrected chi connectivity index (χ3v) is 1.14. The fourth-order valence-electron chi connectivity index (χ4n) is 0.577. The van der Waals surface area contributed by atoms with Crippen molar-refractivity contribution in [3.63, 3.8) is 0 Å². The highest BCUT2D eigenvalue weighted by Crippen LogP contribution is 2.15. The highest BCUT2D eigenvalue weighted by atomic mass is 16.6. The van der Waals surface area contributed by atoms with Crippen LogP contribution in [0.5, 0.6) is 0 Å². The van der Waals surface area contributed by atoms with Gasteiger partial charge in [0.1, 0.15) is 0 Å². The Labute approximate surface area is 54.5 Å². The van der Waals surface area contributed by atoms with Gasteiger partial charge in [0.05, 0.1) is 6.26 Å². The highest BCUT2D eigenvalue weighted by Gasteiger charge is 2.17. The van der Waals surface area contributed by atoms with E-state index >= 15 is 0 Å². The summed E-state index contributed by atoms with van der Waals surface area (Å²) >= 11 is 0. The van der Waals surface area contributed by atoms with Crippen LogP contribution in [-0.2, 0) is 4.74 Å². The molecule has 1 aliphatic rings. The number of rotatable bonds is 0. The molecule has 9 heavy (non-hydrogen) atoms. The minimum absolute atomic E-state index is 1.02. The lowest BCUT2D eigenvalue weighted by Crippen LogP contribution is -2.24. The zero-order chi connectivity index (χ0) is 6.91. The zero-order valence-electron chi connectivity index (χ0n) is 5.59. The van der Waals surface area contributed by atoms with Crippen LogP contribution in [0.2, 0.25) is 0 Å². The first-order chi connectivity index (χ1) is 4.10. The normalized spacial score (nSPS) is 33.4. The lowest BCUT2D eigenvalue weighted by molar-refractivity contribution is -0.112. The van der Waals surface area contributed by atoms with Crippen LogP contribution in [0.25, 0.3) is 0 Å². The largest absolute Gasteiger partial charge is 0.467 e. The van der Waals surface area contributed by atoms with E-state index in [-0.39, 0.29) is 0 Å². The zero-order valence-corrected chi connectivity index (χ0v) is 5.59. The molecular formula is C7H10O2. The molecule has 0 aromatic rings. The maximum Gasteiger partial charge on any atom is 0.224 e. The Balaban J connectivity index is 2.70. The summed E-state index contributed by atoms with van der Waals surface area (Å²) in [6.45, 7) is 3.50. The van der Waals surface area contributed by atoms with Crippen LogP contribution in [-0.4, -0.2) is 10.9 Å². The van der Waals surface area contributed by atoms with Crippen molar-refractivity contribution in [2.45, 2.75) is 19.6 Å². The number of allylic oxidation sites excluding steroid dienone is 2. The summed E-state index contributed by atoms with van der Waals surface area (Å²) in [6, 6.07) is 0. The van der Waals surface area contributed by atoms with E-state index in [1.807, 2.05) is 13.0 Å². The van der Waals surface area contributed by atoms with Crippen LogP contribution in [0.1, 0.15) is 13.8 Å². The molecule has 2 heteroatoms. The SMILES string of the molecule is CC1=COC(C)(O)C=C1. The van der Waals surface area contributed by atoms with Gasteiger partial charge < -0.3 is 9.84 Å². The van der Waals surface area contributed by atoms with Gasteiger partial charge in [0.25, 0.3) is 0 Å². The molecule has 0 radical (unpaired) electrons. The monoisotopic (exact) mass is 126 g/mol. The predicted octanol–water partition coefficient (Wildman–Crippen LogP) is 1.19. The van der Waals surface area contributed by atoms with E-state index in [1.54, 1.807) is 19.3 Å². The van der Waals surface area contributed by atoms with E-state index in [0.29, 0.717) is 0 Å². The van der Waals surface area contributed by atoms with Crippen LogP contribution in [0.3, 0.4) is 0 Å². The molecule has 1 rings (SSSR count). The van der Waals surface area contributed by atoms with Crippen molar-refractivity contribution in [2.75, 3.05) is 0 Å². The average molecular weight is 126 g/mol. The maximum absolute atomic E-state index is 9.14. The Morgan fingerprint density at radius 2 is 2.33 bits per heavy atom. The van der Waals surface area contributed by atoms with Gasteiger partial charge in [0.15, 0.2) is 0 Å². The third-order valence-electron chi connectivity index (χ3n) is 1.14. The van der Waals surface area contributed by atoms with Crippen molar-refractivity contribution < 1.29 is 9.84 Å². The minimum atomic E-state index is -1.10. The summed E-state index contributed by atoms with van der Waals surface area (Å²) in [5, 5.41) is 9.14. The second kappa shape index (κ2) is 1.88. The minimum Gasteiger partial charge on any atom is -0.467 e. The first kappa shape index (κ1) is 6.36. The number of hydrogen-bond acceptors (Lipinski definition) is 2. The van der Waals surface area contributed by atoms with Gasteiger partial charge in [-0.25, -0.2) is 0 Å². The fourth-order valence-corrected chi connectivity index (χ4v) is 0.577. The van der Waals surface area contributed by atoms with Crippen molar-refractivity contribution in [2.24, 2.45) is 0 Å². The first-order valence-corrected chi connectivity index (χ1v) is 2.86. The third kappa shape index (κ3) is 1.57. The van der Waals surface area contributed by atoms with Crippen LogP contribution in [0, 0.1) is 0 Å². The quantitative estimate of drug-likeness (QED) is 0.528. The number of ether oxygens (including phenoxy) is 1. The van der Waals surface area contributed by atoms with E-state index in [1.165, 1.54) is 0 Å². The molecule has 0 saturated carbocycles. The summed E-state index contributed by atoms with van der Waals surface area (Å²) in [4.78, 5) is 0. The molecule has 0 amide bonds. The topological polar surface area (TPSA) is 29.5 Å². The predicted molar refractivity (Wildman–Crippen MR) is 34.6 cm³/mol. The Kier molecular flexibility index (Phi) is 1.33. The molecule has 0 saturated heterocycles. The molecule has 1 unspecified atom stereocenters. The molecule has 1 atom stereocenters. The summed E-state index contributed by atoms with van der Waals surface area (Å²) in [5.74, 6) is -1.10. The van der Waals surface area contributed by atoms with Crippen molar-refractivity contribution >= 4 is 0 Å². The maximum atomic E-state index is 9.14. The van der Waals surface area contributed by atoms with E-state index in [2.05, 4.69) is 0 Å². The van der Waals surface area contributed by atoms with Gasteiger partial charge in [-0.1, -0.05) is 6.08 Å². The Morgan fingerprint density at radius 1 is 1.67 bits per heavy atom. The van der Waals surface area contributed by atoms with Gasteiger partial charge in [0, 0.05) is 6.92 Å². The van der Waals surface area contributed by atoms with Crippen LogP contribution >= 0.6 is 0 Å². The molecule has 0 aliphatic carbocycles. The Bertz CT molecular complexity index is 166. The summed E-state index contributed by atoms with van der Waals surface area (Å²) in [5.41, 5.74) is 1.02. The van der Waals surface area contributed by atoms with E-state index in [9.17, 15) is 0 Å². The molecule has 0 spiro atoms. The van der Waals surface area contributed by atoms with E-state index in [0.717, 1.165) is 5.57 Å². The van der Waals surface area contributed by atoms with Crippen molar-refractivity contribution in [3.8, 4) is 0 Å². The molecule has 1 heterocycles. The molecule has 0 aromatic heterocycles. The summed E-state index contributed by atoms with van der Waals surface area (Å²) < 4.78 is 4.88. The lowest BCUT2D eigenvalue weighted by Gasteiger charge is -2.21. The smallest absolute Gasteiger partial charge is 0.224 e. The molecule has 50 valence electrons. The second-order valence-electron chi connectivity index (χ2n) is 2.37. The first-order valence-electron chi connectivity index (χ1n) is 2.86. The number of hydrogen-bond donors (Lipinski definition) is 1. The lowest BCUT2D eigenvalue weighted by atomic mass is 10.2. The summed E-state index contributed by atoms with van der Waals surface area (Å²) in [7, 11) is 0. The Morgan fingerprint density at radius 3 is 2.67 bits per heavy atom. The van der Waals surface area contributed by atoms with Crippen molar-refractivity contribution in [1.29, 1.82) is 0 Å². The van der Waals surface area contributed by atoms with E-state index in [4.69, 9.17) is 9.84 Å². The standard InChI is InChI=1S/C7H10O2/c1-6-3-4-7(2,8)9-5-6/h3-5,8H,1-2H3. The van der Waals surface area contributed by atoms with Gasteiger partial charge in [-0.05, 0) is 18.6 Å². The van der Waals surface area contributed by atoms with E-state index < -0.39 is 5.79 Å². The molecular weight excluding hydrogens is 116 g/mol. The van der Waals surface area contributed by atoms with Gasteiger partial charge in [-0.2, -0.15) is 0 Å². The molecule has 0 bridgehead atoms. The van der Waals surface area contributed by atoms with Gasteiger partial charge >= 0.3 is 0 Å². The Hall–Kier alpha value is -0.760. The van der Waals surface area contributed by atoms with Crippen LogP contribution in [0.4, 0.5) is 0 Å². The van der Waals surface area contributed by atoms with Crippen LogP contribution in [0.15, 0.2) is 24.0 Å². The molecule has 1 N–H and O–H groups in total. The molecule has 1 aliphatic heterocycles. The highest BCUT2D eigenvalue weighted by molar-refractivity contribution is 5.19.